The fourth-order valence-electron chi connectivity index (χ4n) is 3.06. The van der Waals surface area contributed by atoms with E-state index < -0.39 is 10.0 Å². The molecule has 0 saturated carbocycles. The average molecular weight is 335 g/mol. The number of aryl methyl sites for hydroxylation is 2. The van der Waals surface area contributed by atoms with Crippen LogP contribution in [0.1, 0.15) is 36.8 Å². The Balaban J connectivity index is 2.05. The van der Waals surface area contributed by atoms with Gasteiger partial charge >= 0.3 is 0 Å². The van der Waals surface area contributed by atoms with Gasteiger partial charge in [0.05, 0.1) is 23.7 Å². The molecule has 1 saturated heterocycles. The van der Waals surface area contributed by atoms with Crippen LogP contribution < -0.4 is 0 Å². The van der Waals surface area contributed by atoms with Crippen molar-refractivity contribution in [2.45, 2.75) is 32.2 Å². The van der Waals surface area contributed by atoms with Crippen LogP contribution in [0.15, 0.2) is 18.3 Å². The summed E-state index contributed by atoms with van der Waals surface area (Å²) < 4.78 is 27.4. The predicted octanol–water partition coefficient (Wildman–Crippen LogP) is 1.67. The van der Waals surface area contributed by atoms with Crippen molar-refractivity contribution >= 4 is 10.0 Å². The van der Waals surface area contributed by atoms with Crippen LogP contribution in [0.2, 0.25) is 0 Å². The summed E-state index contributed by atoms with van der Waals surface area (Å²) in [5.74, 6) is 0.575. The Labute approximate surface area is 136 Å². The maximum absolute atomic E-state index is 12.1. The summed E-state index contributed by atoms with van der Waals surface area (Å²) in [4.78, 5) is 9.16. The normalized spacial score (nSPS) is 19.9. The molecule has 2 aromatic heterocycles. The molecule has 2 aromatic rings. The number of aromatic nitrogens is 4. The molecule has 0 N–H and O–H groups in total. The van der Waals surface area contributed by atoms with Gasteiger partial charge < -0.3 is 0 Å². The van der Waals surface area contributed by atoms with E-state index >= 15 is 0 Å². The van der Waals surface area contributed by atoms with Crippen molar-refractivity contribution in [1.82, 2.24) is 24.1 Å². The number of nitrogens with zero attached hydrogens (tertiary/aromatic N) is 5. The predicted molar refractivity (Wildman–Crippen MR) is 87.1 cm³/mol. The third-order valence-corrected chi connectivity index (χ3v) is 5.42. The summed E-state index contributed by atoms with van der Waals surface area (Å²) >= 11 is 0. The second kappa shape index (κ2) is 6.01. The van der Waals surface area contributed by atoms with E-state index in [0.717, 1.165) is 36.3 Å². The minimum absolute atomic E-state index is 0.286. The van der Waals surface area contributed by atoms with E-state index in [9.17, 15) is 8.42 Å². The highest BCUT2D eigenvalue weighted by Gasteiger charge is 2.32. The molecule has 1 aliphatic rings. The number of hydrogen-bond donors (Lipinski definition) is 0. The van der Waals surface area contributed by atoms with Gasteiger partial charge in [-0.15, -0.1) is 0 Å². The molecule has 1 unspecified atom stereocenters. The lowest BCUT2D eigenvalue weighted by molar-refractivity contribution is 0.248. The summed E-state index contributed by atoms with van der Waals surface area (Å²) in [7, 11) is -1.42. The lowest BCUT2D eigenvalue weighted by atomic mass is 10.0. The summed E-state index contributed by atoms with van der Waals surface area (Å²) in [5, 5.41) is 4.17. The monoisotopic (exact) mass is 335 g/mol. The van der Waals surface area contributed by atoms with Gasteiger partial charge in [0.1, 0.15) is 5.82 Å². The molecule has 124 valence electrons. The van der Waals surface area contributed by atoms with Crippen LogP contribution in [0.4, 0.5) is 0 Å². The lowest BCUT2D eigenvalue weighted by Crippen LogP contribution is -2.38. The van der Waals surface area contributed by atoms with E-state index in [1.807, 2.05) is 26.1 Å². The standard InChI is InChI=1S/C15H21N5O2S/c1-11-10-12(13-7-8-16-19(13)2)18-15(17-11)14-6-4-5-9-20(14)23(3,21)22/h7-8,10,14H,4-6,9H2,1-3H3. The van der Waals surface area contributed by atoms with Gasteiger partial charge in [0.15, 0.2) is 0 Å². The molecule has 1 aliphatic heterocycles. The van der Waals surface area contributed by atoms with Gasteiger partial charge in [-0.25, -0.2) is 18.4 Å². The molecule has 7 nitrogen and oxygen atoms in total. The van der Waals surface area contributed by atoms with E-state index in [-0.39, 0.29) is 6.04 Å². The van der Waals surface area contributed by atoms with Crippen LogP contribution in [0.3, 0.4) is 0 Å². The topological polar surface area (TPSA) is 81.0 Å². The molecule has 3 heterocycles. The van der Waals surface area contributed by atoms with Crippen molar-refractivity contribution in [1.29, 1.82) is 0 Å². The van der Waals surface area contributed by atoms with Crippen molar-refractivity contribution in [2.75, 3.05) is 12.8 Å². The zero-order valence-corrected chi connectivity index (χ0v) is 14.4. The molecule has 0 radical (unpaired) electrons. The lowest BCUT2D eigenvalue weighted by Gasteiger charge is -2.32. The maximum Gasteiger partial charge on any atom is 0.211 e. The van der Waals surface area contributed by atoms with Crippen LogP contribution in [0.25, 0.3) is 11.4 Å². The smallest absolute Gasteiger partial charge is 0.211 e. The Morgan fingerprint density at radius 2 is 2.04 bits per heavy atom. The van der Waals surface area contributed by atoms with Gasteiger partial charge in [-0.2, -0.15) is 9.40 Å². The van der Waals surface area contributed by atoms with Crippen LogP contribution in [-0.4, -0.2) is 45.3 Å². The van der Waals surface area contributed by atoms with Gasteiger partial charge in [-0.3, -0.25) is 4.68 Å². The molecule has 1 fully saturated rings. The SMILES string of the molecule is Cc1cc(-c2ccnn2C)nc(C2CCCCN2S(C)(=O)=O)n1. The molecule has 8 heteroatoms. The Morgan fingerprint density at radius 3 is 2.70 bits per heavy atom. The van der Waals surface area contributed by atoms with Crippen molar-refractivity contribution in [3.63, 3.8) is 0 Å². The average Bonchev–Trinajstić information content (AvgIpc) is 2.92. The first-order valence-electron chi connectivity index (χ1n) is 7.67. The number of rotatable bonds is 3. The van der Waals surface area contributed by atoms with Crippen LogP contribution in [0, 0.1) is 6.92 Å². The van der Waals surface area contributed by atoms with E-state index in [2.05, 4.69) is 15.1 Å². The molecule has 0 spiro atoms. The first kappa shape index (κ1) is 16.1. The largest absolute Gasteiger partial charge is 0.266 e. The molecular weight excluding hydrogens is 314 g/mol. The Kier molecular flexibility index (Phi) is 4.20. The summed E-state index contributed by atoms with van der Waals surface area (Å²) in [6, 6.07) is 3.50. The molecule has 0 aliphatic carbocycles. The fraction of sp³-hybridized carbons (Fsp3) is 0.533. The van der Waals surface area contributed by atoms with Crippen LogP contribution in [-0.2, 0) is 17.1 Å². The zero-order chi connectivity index (χ0) is 16.6. The first-order valence-corrected chi connectivity index (χ1v) is 9.52. The second-order valence-corrected chi connectivity index (χ2v) is 7.91. The summed E-state index contributed by atoms with van der Waals surface area (Å²) in [6.45, 7) is 2.43. The van der Waals surface area contributed by atoms with E-state index in [0.29, 0.717) is 12.4 Å². The van der Waals surface area contributed by atoms with Crippen LogP contribution in [0.5, 0.6) is 0 Å². The van der Waals surface area contributed by atoms with E-state index in [1.54, 1.807) is 10.9 Å². The second-order valence-electron chi connectivity index (χ2n) is 5.98. The molecule has 0 amide bonds. The Hall–Kier alpha value is -1.80. The third kappa shape index (κ3) is 3.28. The highest BCUT2D eigenvalue weighted by atomic mass is 32.2. The van der Waals surface area contributed by atoms with Crippen LogP contribution >= 0.6 is 0 Å². The summed E-state index contributed by atoms with van der Waals surface area (Å²) in [6.07, 6.45) is 5.58. The quantitative estimate of drug-likeness (QED) is 0.852. The minimum atomic E-state index is -3.28. The van der Waals surface area contributed by atoms with Crippen molar-refractivity contribution in [2.24, 2.45) is 7.05 Å². The molecule has 0 bridgehead atoms. The van der Waals surface area contributed by atoms with Gasteiger partial charge in [0.2, 0.25) is 10.0 Å². The van der Waals surface area contributed by atoms with Gasteiger partial charge in [-0.1, -0.05) is 6.42 Å². The third-order valence-electron chi connectivity index (χ3n) is 4.13. The zero-order valence-electron chi connectivity index (χ0n) is 13.6. The molecular formula is C15H21N5O2S. The summed E-state index contributed by atoms with van der Waals surface area (Å²) in [5.41, 5.74) is 2.48. The molecule has 3 rings (SSSR count). The highest BCUT2D eigenvalue weighted by molar-refractivity contribution is 7.88. The van der Waals surface area contributed by atoms with Crippen molar-refractivity contribution in [3.8, 4) is 11.4 Å². The van der Waals surface area contributed by atoms with E-state index in [1.165, 1.54) is 10.6 Å². The first-order chi connectivity index (χ1) is 10.9. The molecule has 1 atom stereocenters. The number of hydrogen-bond acceptors (Lipinski definition) is 5. The fourth-order valence-corrected chi connectivity index (χ4v) is 4.18. The Morgan fingerprint density at radius 1 is 1.26 bits per heavy atom. The van der Waals surface area contributed by atoms with Gasteiger partial charge in [0, 0.05) is 25.5 Å². The minimum Gasteiger partial charge on any atom is -0.266 e. The van der Waals surface area contributed by atoms with Gasteiger partial charge in [-0.05, 0) is 31.9 Å². The molecule has 23 heavy (non-hydrogen) atoms. The maximum atomic E-state index is 12.1. The van der Waals surface area contributed by atoms with Crippen molar-refractivity contribution in [3.05, 3.63) is 29.8 Å². The van der Waals surface area contributed by atoms with E-state index in [4.69, 9.17) is 0 Å². The van der Waals surface area contributed by atoms with Gasteiger partial charge in [0.25, 0.3) is 0 Å². The number of piperidine rings is 1. The van der Waals surface area contributed by atoms with Crippen molar-refractivity contribution < 1.29 is 8.42 Å². The number of sulfonamides is 1. The molecule has 0 aromatic carbocycles. The highest BCUT2D eigenvalue weighted by Crippen LogP contribution is 2.32. The Bertz CT molecular complexity index is 815.